The standard InChI is InChI=1S/C16H25N3O5.C2HF3O2/c1-6-16(15(23)24-5)12-11(13(21)18(4)14(12)22)10(17-16)8-19(7-2)9(3)20;3-2(4,5)1(6)7/h10-12,17H,6-8H2,1-5H3;(H,6,7)/t10-,11+,12-,16-;/m1./s1. The predicted octanol–water partition coefficient (Wildman–Crippen LogP) is 0.0127. The van der Waals surface area contributed by atoms with Crippen molar-refractivity contribution in [2.45, 2.75) is 44.9 Å². The van der Waals surface area contributed by atoms with Crippen LogP contribution in [0.5, 0.6) is 0 Å². The molecule has 0 aliphatic carbocycles. The molecule has 2 aliphatic rings. The Kier molecular flexibility index (Phi) is 8.17. The SMILES string of the molecule is CCN(C[C@H]1N[C@@](CC)(C(=O)OC)[C@H]2C(=O)N(C)C(=O)[C@@H]12)C(C)=O.O=C(O)C(F)(F)F. The van der Waals surface area contributed by atoms with Gasteiger partial charge in [0.15, 0.2) is 0 Å². The number of carboxylic acids is 1. The van der Waals surface area contributed by atoms with Gasteiger partial charge in [-0.15, -0.1) is 0 Å². The molecule has 0 bridgehead atoms. The Balaban J connectivity index is 0.000000592. The van der Waals surface area contributed by atoms with Gasteiger partial charge in [0, 0.05) is 33.1 Å². The van der Waals surface area contributed by atoms with E-state index < -0.39 is 41.5 Å². The lowest BCUT2D eigenvalue weighted by Gasteiger charge is -2.31. The molecule has 0 saturated carbocycles. The van der Waals surface area contributed by atoms with E-state index in [0.29, 0.717) is 13.0 Å². The maximum Gasteiger partial charge on any atom is 0.490 e. The minimum absolute atomic E-state index is 0.118. The molecule has 2 rings (SSSR count). The number of hydrogen-bond acceptors (Lipinski definition) is 7. The molecule has 4 atom stereocenters. The molecule has 0 aromatic rings. The van der Waals surface area contributed by atoms with Gasteiger partial charge < -0.3 is 14.7 Å². The van der Waals surface area contributed by atoms with Gasteiger partial charge in [-0.2, -0.15) is 13.2 Å². The molecule has 0 unspecified atom stereocenters. The molecule has 2 aliphatic heterocycles. The van der Waals surface area contributed by atoms with Gasteiger partial charge in [-0.05, 0) is 13.3 Å². The number of fused-ring (bicyclic) bond motifs is 1. The third-order valence-electron chi connectivity index (χ3n) is 5.57. The number of amides is 3. The number of carboxylic acid groups (broad SMARTS) is 1. The highest BCUT2D eigenvalue weighted by atomic mass is 19.4. The number of nitrogens with one attached hydrogen (secondary N) is 1. The number of halogens is 3. The van der Waals surface area contributed by atoms with Crippen LogP contribution in [0.4, 0.5) is 13.2 Å². The van der Waals surface area contributed by atoms with E-state index in [9.17, 15) is 32.3 Å². The molecule has 176 valence electrons. The van der Waals surface area contributed by atoms with Gasteiger partial charge in [0.25, 0.3) is 0 Å². The molecule has 2 N–H and O–H groups in total. The van der Waals surface area contributed by atoms with Crippen molar-refractivity contribution in [3.8, 4) is 0 Å². The van der Waals surface area contributed by atoms with E-state index >= 15 is 0 Å². The predicted molar refractivity (Wildman–Crippen MR) is 98.3 cm³/mol. The van der Waals surface area contributed by atoms with Crippen LogP contribution >= 0.6 is 0 Å². The molecule has 2 saturated heterocycles. The van der Waals surface area contributed by atoms with Crippen LogP contribution in [0.3, 0.4) is 0 Å². The van der Waals surface area contributed by atoms with E-state index in [0.717, 1.165) is 4.90 Å². The maximum atomic E-state index is 12.6. The fourth-order valence-electron chi connectivity index (χ4n) is 3.98. The number of ether oxygens (including phenoxy) is 1. The fourth-order valence-corrected chi connectivity index (χ4v) is 3.98. The number of aliphatic carboxylic acids is 1. The first-order valence-electron chi connectivity index (χ1n) is 9.42. The summed E-state index contributed by atoms with van der Waals surface area (Å²) in [6, 6.07) is -0.473. The molecule has 0 spiro atoms. The van der Waals surface area contributed by atoms with E-state index in [4.69, 9.17) is 14.6 Å². The lowest BCUT2D eigenvalue weighted by Crippen LogP contribution is -2.58. The number of rotatable bonds is 5. The molecular weight excluding hydrogens is 427 g/mol. The molecule has 0 aromatic carbocycles. The van der Waals surface area contributed by atoms with Gasteiger partial charge in [0.1, 0.15) is 5.54 Å². The summed E-state index contributed by atoms with van der Waals surface area (Å²) in [7, 11) is 2.70. The van der Waals surface area contributed by atoms with Gasteiger partial charge in [-0.3, -0.25) is 29.4 Å². The van der Waals surface area contributed by atoms with Crippen molar-refractivity contribution in [3.05, 3.63) is 0 Å². The summed E-state index contributed by atoms with van der Waals surface area (Å²) < 4.78 is 36.7. The number of nitrogens with zero attached hydrogens (tertiary/aromatic N) is 2. The van der Waals surface area contributed by atoms with Crippen LogP contribution in [-0.4, -0.2) is 89.6 Å². The zero-order valence-electron chi connectivity index (χ0n) is 17.8. The first-order valence-corrected chi connectivity index (χ1v) is 9.42. The Morgan fingerprint density at radius 2 is 1.74 bits per heavy atom. The zero-order chi connectivity index (χ0) is 24.3. The summed E-state index contributed by atoms with van der Waals surface area (Å²) in [6.45, 7) is 5.83. The summed E-state index contributed by atoms with van der Waals surface area (Å²) in [5.74, 6) is -5.59. The number of methoxy groups -OCH3 is 1. The van der Waals surface area contributed by atoms with Crippen molar-refractivity contribution < 1.29 is 47.0 Å². The van der Waals surface area contributed by atoms with E-state index in [-0.39, 0.29) is 24.3 Å². The summed E-state index contributed by atoms with van der Waals surface area (Å²) in [6.07, 6.45) is -4.77. The summed E-state index contributed by atoms with van der Waals surface area (Å²) in [5, 5.41) is 10.3. The molecule has 3 amide bonds. The van der Waals surface area contributed by atoms with Crippen molar-refractivity contribution in [3.63, 3.8) is 0 Å². The van der Waals surface area contributed by atoms with Crippen molar-refractivity contribution in [2.75, 3.05) is 27.2 Å². The Labute approximate surface area is 176 Å². The second-order valence-corrected chi connectivity index (χ2v) is 7.17. The summed E-state index contributed by atoms with van der Waals surface area (Å²) in [4.78, 5) is 60.9. The minimum Gasteiger partial charge on any atom is -0.475 e. The quantitative estimate of drug-likeness (QED) is 0.440. The lowest BCUT2D eigenvalue weighted by atomic mass is 9.78. The number of hydrogen-bond donors (Lipinski definition) is 2. The first-order chi connectivity index (χ1) is 14.2. The third kappa shape index (κ3) is 4.97. The summed E-state index contributed by atoms with van der Waals surface area (Å²) in [5.41, 5.74) is -1.24. The topological polar surface area (TPSA) is 133 Å². The van der Waals surface area contributed by atoms with Crippen LogP contribution in [0.25, 0.3) is 0 Å². The average molecular weight is 453 g/mol. The number of likely N-dealkylation sites (tertiary alicyclic amines) is 1. The first kappa shape index (κ1) is 26.3. The molecule has 0 radical (unpaired) electrons. The largest absolute Gasteiger partial charge is 0.490 e. The Morgan fingerprint density at radius 1 is 1.23 bits per heavy atom. The molecule has 0 aromatic heterocycles. The van der Waals surface area contributed by atoms with E-state index in [1.165, 1.54) is 21.1 Å². The molecule has 31 heavy (non-hydrogen) atoms. The molecule has 2 fully saturated rings. The average Bonchev–Trinajstić information content (AvgIpc) is 3.14. The van der Waals surface area contributed by atoms with Gasteiger partial charge >= 0.3 is 18.1 Å². The van der Waals surface area contributed by atoms with Gasteiger partial charge in [-0.25, -0.2) is 4.79 Å². The highest BCUT2D eigenvalue weighted by Crippen LogP contribution is 2.44. The van der Waals surface area contributed by atoms with Crippen LogP contribution in [-0.2, 0) is 28.7 Å². The number of carbonyl (C=O) groups excluding carboxylic acids is 4. The molecule has 10 nitrogen and oxygen atoms in total. The van der Waals surface area contributed by atoms with E-state index in [1.807, 2.05) is 6.92 Å². The van der Waals surface area contributed by atoms with Crippen molar-refractivity contribution >= 4 is 29.7 Å². The Bertz CT molecular complexity index is 758. The molecule has 2 heterocycles. The lowest BCUT2D eigenvalue weighted by molar-refractivity contribution is -0.192. The number of alkyl halides is 3. The van der Waals surface area contributed by atoms with Gasteiger partial charge in [-0.1, -0.05) is 6.92 Å². The minimum atomic E-state index is -5.08. The van der Waals surface area contributed by atoms with Gasteiger partial charge in [0.05, 0.1) is 18.9 Å². The number of imide groups is 1. The van der Waals surface area contributed by atoms with Crippen LogP contribution in [0.1, 0.15) is 27.2 Å². The highest BCUT2D eigenvalue weighted by molar-refractivity contribution is 6.09. The maximum absolute atomic E-state index is 12.6. The molecule has 13 heteroatoms. The van der Waals surface area contributed by atoms with Crippen molar-refractivity contribution in [1.82, 2.24) is 15.1 Å². The second kappa shape index (κ2) is 9.62. The van der Waals surface area contributed by atoms with Crippen LogP contribution in [0.15, 0.2) is 0 Å². The van der Waals surface area contributed by atoms with Gasteiger partial charge in [0.2, 0.25) is 17.7 Å². The zero-order valence-corrected chi connectivity index (χ0v) is 17.8. The van der Waals surface area contributed by atoms with Crippen molar-refractivity contribution in [2.24, 2.45) is 11.8 Å². The third-order valence-corrected chi connectivity index (χ3v) is 5.57. The number of likely N-dealkylation sites (N-methyl/N-ethyl adjacent to an activating group) is 1. The van der Waals surface area contributed by atoms with Crippen LogP contribution < -0.4 is 5.32 Å². The molecular formula is C18H26F3N3O7. The van der Waals surface area contributed by atoms with E-state index in [1.54, 1.807) is 11.8 Å². The number of esters is 1. The van der Waals surface area contributed by atoms with Crippen LogP contribution in [0, 0.1) is 11.8 Å². The fraction of sp³-hybridized carbons (Fsp3) is 0.722. The normalized spacial score (nSPS) is 27.4. The number of carbonyl (C=O) groups is 5. The Hall–Kier alpha value is -2.70. The highest BCUT2D eigenvalue weighted by Gasteiger charge is 2.67. The Morgan fingerprint density at radius 3 is 2.10 bits per heavy atom. The van der Waals surface area contributed by atoms with Crippen molar-refractivity contribution in [1.29, 1.82) is 0 Å². The smallest absolute Gasteiger partial charge is 0.475 e. The summed E-state index contributed by atoms with van der Waals surface area (Å²) >= 11 is 0. The van der Waals surface area contributed by atoms with E-state index in [2.05, 4.69) is 5.32 Å². The second-order valence-electron chi connectivity index (χ2n) is 7.17. The monoisotopic (exact) mass is 453 g/mol. The van der Waals surface area contributed by atoms with Crippen LogP contribution in [0.2, 0.25) is 0 Å².